The molecule has 0 radical (unpaired) electrons. The van der Waals surface area contributed by atoms with E-state index in [1.807, 2.05) is 0 Å². The highest BCUT2D eigenvalue weighted by Gasteiger charge is 2.45. The fourth-order valence-electron chi connectivity index (χ4n) is 5.03. The molecule has 0 spiro atoms. The van der Waals surface area contributed by atoms with Crippen LogP contribution >= 0.6 is 0 Å². The van der Waals surface area contributed by atoms with E-state index in [1.54, 1.807) is 30.6 Å². The number of anilines is 1. The minimum absolute atomic E-state index is 0.0148. The molecule has 36 heavy (non-hydrogen) atoms. The lowest BCUT2D eigenvalue weighted by Crippen LogP contribution is -2.57. The van der Waals surface area contributed by atoms with Gasteiger partial charge in [0.25, 0.3) is 0 Å². The number of ether oxygens (including phenoxy) is 1. The summed E-state index contributed by atoms with van der Waals surface area (Å²) in [5, 5.41) is 9.61. The highest BCUT2D eigenvalue weighted by atomic mass is 19.1. The van der Waals surface area contributed by atoms with Gasteiger partial charge in [0.2, 0.25) is 0 Å². The molecule has 2 unspecified atom stereocenters. The summed E-state index contributed by atoms with van der Waals surface area (Å²) in [5.41, 5.74) is -2.47. The van der Waals surface area contributed by atoms with Crippen molar-refractivity contribution in [3.8, 4) is 16.9 Å². The Hall–Kier alpha value is -3.63. The van der Waals surface area contributed by atoms with Gasteiger partial charge in [-0.2, -0.15) is 14.4 Å². The maximum absolute atomic E-state index is 15.5. The molecular weight excluding hydrogens is 480 g/mol. The van der Waals surface area contributed by atoms with Gasteiger partial charge in [0.15, 0.2) is 5.82 Å². The molecule has 2 aromatic carbocycles. The van der Waals surface area contributed by atoms with Gasteiger partial charge < -0.3 is 14.7 Å². The van der Waals surface area contributed by atoms with E-state index in [2.05, 4.69) is 9.97 Å². The van der Waals surface area contributed by atoms with Gasteiger partial charge in [-0.15, -0.1) is 0 Å². The van der Waals surface area contributed by atoms with Gasteiger partial charge in [0.05, 0.1) is 17.6 Å². The topological polar surface area (TPSA) is 78.8 Å². The minimum atomic E-state index is -1.27. The van der Waals surface area contributed by atoms with Gasteiger partial charge >= 0.3 is 12.2 Å². The van der Waals surface area contributed by atoms with Crippen molar-refractivity contribution in [3.05, 3.63) is 47.8 Å². The monoisotopic (exact) mass is 504 g/mol. The second-order valence-electron chi connectivity index (χ2n) is 10.1. The molecule has 1 aromatic heterocycles. The fourth-order valence-corrected chi connectivity index (χ4v) is 5.03. The molecular formula is C25H24F4N4O3. The van der Waals surface area contributed by atoms with Crippen LogP contribution in [0.2, 0.25) is 0 Å². The summed E-state index contributed by atoms with van der Waals surface area (Å²) >= 11 is 0. The maximum atomic E-state index is 15.5. The Bertz CT molecular complexity index is 1360. The lowest BCUT2D eigenvalue weighted by atomic mass is 10.0. The second kappa shape index (κ2) is 8.49. The highest BCUT2D eigenvalue weighted by Crippen LogP contribution is 2.39. The normalized spacial score (nSPS) is 19.8. The van der Waals surface area contributed by atoms with Crippen LogP contribution in [0.4, 0.5) is 28.2 Å². The van der Waals surface area contributed by atoms with Crippen LogP contribution in [-0.2, 0) is 4.74 Å². The van der Waals surface area contributed by atoms with Crippen molar-refractivity contribution >= 4 is 22.8 Å². The van der Waals surface area contributed by atoms with Crippen LogP contribution in [-0.4, -0.2) is 56.8 Å². The number of phenolic OH excluding ortho intramolecular Hbond substituents is 1. The van der Waals surface area contributed by atoms with Gasteiger partial charge in [-0.25, -0.2) is 18.0 Å². The molecule has 3 aromatic rings. The van der Waals surface area contributed by atoms with Crippen molar-refractivity contribution in [2.24, 2.45) is 0 Å². The molecule has 2 aliphatic heterocycles. The third-order valence-corrected chi connectivity index (χ3v) is 6.44. The molecule has 1 N–H and O–H groups in total. The number of fused-ring (bicyclic) bond motifs is 3. The van der Waals surface area contributed by atoms with Crippen molar-refractivity contribution in [2.45, 2.75) is 51.3 Å². The molecule has 2 atom stereocenters. The Kier molecular flexibility index (Phi) is 5.68. The minimum Gasteiger partial charge on any atom is -0.508 e. The van der Waals surface area contributed by atoms with Crippen molar-refractivity contribution in [1.82, 2.24) is 14.9 Å². The van der Waals surface area contributed by atoms with Gasteiger partial charge in [-0.3, -0.25) is 4.90 Å². The largest absolute Gasteiger partial charge is 0.508 e. The van der Waals surface area contributed by atoms with E-state index in [1.165, 1.54) is 0 Å². The van der Waals surface area contributed by atoms with E-state index in [4.69, 9.17) is 4.74 Å². The molecule has 3 heterocycles. The molecule has 0 saturated carbocycles. The molecule has 2 saturated heterocycles. The number of carbonyl (C=O) groups is 1. The Morgan fingerprint density at radius 2 is 1.69 bits per heavy atom. The van der Waals surface area contributed by atoms with E-state index in [0.29, 0.717) is 12.8 Å². The summed E-state index contributed by atoms with van der Waals surface area (Å²) in [6, 6.07) is 3.24. The molecule has 2 aliphatic rings. The maximum Gasteiger partial charge on any atom is 0.410 e. The molecule has 190 valence electrons. The summed E-state index contributed by atoms with van der Waals surface area (Å²) in [6.07, 6.45) is -0.291. The van der Waals surface area contributed by atoms with Crippen LogP contribution in [0.15, 0.2) is 24.3 Å². The van der Waals surface area contributed by atoms with Gasteiger partial charge in [-0.05, 0) is 57.9 Å². The molecule has 11 heteroatoms. The van der Waals surface area contributed by atoms with Crippen LogP contribution in [0.5, 0.6) is 5.75 Å². The van der Waals surface area contributed by atoms with E-state index < -0.39 is 57.6 Å². The van der Waals surface area contributed by atoms with Crippen LogP contribution in [0.25, 0.3) is 22.0 Å². The smallest absolute Gasteiger partial charge is 0.410 e. The predicted molar refractivity (Wildman–Crippen MR) is 124 cm³/mol. The number of nitrogens with zero attached hydrogens (tertiary/aromatic N) is 4. The fraction of sp³-hybridized carbons (Fsp3) is 0.400. The lowest BCUT2D eigenvalue weighted by molar-refractivity contribution is 0.0122. The SMILES string of the molecule is CC(C)(C)OC(=O)N1C2CCC1CN(c1nc(F)nc3c(F)c(-c4cc(O)ccc4F)c(F)cc13)C2. The average Bonchev–Trinajstić information content (AvgIpc) is 3.05. The number of rotatable bonds is 2. The van der Waals surface area contributed by atoms with Crippen LogP contribution in [0.3, 0.4) is 0 Å². The number of piperazine rings is 1. The number of amides is 1. The number of aromatic nitrogens is 2. The van der Waals surface area contributed by atoms with E-state index in [-0.39, 0.29) is 36.4 Å². The zero-order valence-electron chi connectivity index (χ0n) is 19.9. The Morgan fingerprint density at radius 1 is 1.03 bits per heavy atom. The van der Waals surface area contributed by atoms with Crippen molar-refractivity contribution in [3.63, 3.8) is 0 Å². The second-order valence-corrected chi connectivity index (χ2v) is 10.1. The Labute approximate surface area is 204 Å². The first-order chi connectivity index (χ1) is 16.9. The van der Waals surface area contributed by atoms with Gasteiger partial charge in [0.1, 0.15) is 34.3 Å². The molecule has 0 aliphatic carbocycles. The number of halogens is 4. The zero-order chi connectivity index (χ0) is 25.9. The third-order valence-electron chi connectivity index (χ3n) is 6.44. The van der Waals surface area contributed by atoms with Crippen molar-refractivity contribution in [2.75, 3.05) is 18.0 Å². The third kappa shape index (κ3) is 4.16. The number of phenols is 1. The summed E-state index contributed by atoms with van der Waals surface area (Å²) in [7, 11) is 0. The number of hydrogen-bond donors (Lipinski definition) is 1. The Morgan fingerprint density at radius 3 is 2.33 bits per heavy atom. The predicted octanol–water partition coefficient (Wildman–Crippen LogP) is 5.15. The summed E-state index contributed by atoms with van der Waals surface area (Å²) < 4.78 is 65.1. The standard InChI is InChI=1S/C25H24F4N4O3/c1-25(2,3)36-24(35)33-12-4-5-13(33)11-32(10-12)22-16-9-18(27)19(15-8-14(34)6-7-17(15)26)20(28)21(16)30-23(29)31-22/h6-9,12-13,34H,4-5,10-11H2,1-3H3. The average molecular weight is 504 g/mol. The summed E-state index contributed by atoms with van der Waals surface area (Å²) in [6.45, 7) is 5.84. The van der Waals surface area contributed by atoms with Gasteiger partial charge in [0, 0.05) is 24.0 Å². The van der Waals surface area contributed by atoms with Crippen molar-refractivity contribution in [1.29, 1.82) is 0 Å². The molecule has 1 amide bonds. The van der Waals surface area contributed by atoms with E-state index in [0.717, 1.165) is 24.3 Å². The molecule has 2 bridgehead atoms. The summed E-state index contributed by atoms with van der Waals surface area (Å²) in [5.74, 6) is -3.75. The molecule has 5 rings (SSSR count). The van der Waals surface area contributed by atoms with Crippen LogP contribution in [0.1, 0.15) is 33.6 Å². The number of aromatic hydroxyl groups is 1. The Balaban J connectivity index is 1.55. The quantitative estimate of drug-likeness (QED) is 0.384. The summed E-state index contributed by atoms with van der Waals surface area (Å²) in [4.78, 5) is 23.5. The highest BCUT2D eigenvalue weighted by molar-refractivity contribution is 5.93. The first-order valence-electron chi connectivity index (χ1n) is 11.5. The van der Waals surface area contributed by atoms with Crippen LogP contribution in [0, 0.1) is 23.5 Å². The number of benzene rings is 2. The van der Waals surface area contributed by atoms with Gasteiger partial charge in [-0.1, -0.05) is 0 Å². The molecule has 7 nitrogen and oxygen atoms in total. The van der Waals surface area contributed by atoms with E-state index >= 15 is 8.78 Å². The first-order valence-corrected chi connectivity index (χ1v) is 11.5. The zero-order valence-corrected chi connectivity index (χ0v) is 19.9. The van der Waals surface area contributed by atoms with Crippen molar-refractivity contribution < 1.29 is 32.2 Å². The number of hydrogen-bond acceptors (Lipinski definition) is 6. The van der Waals surface area contributed by atoms with E-state index in [9.17, 15) is 18.7 Å². The number of carbonyl (C=O) groups excluding carboxylic acids is 1. The first kappa shape index (κ1) is 24.1. The van der Waals surface area contributed by atoms with Crippen LogP contribution < -0.4 is 4.90 Å². The molecule has 2 fully saturated rings. The lowest BCUT2D eigenvalue weighted by Gasteiger charge is -2.42.